The standard InChI is InChI=1S/C13H21N/c1-2-3-4-10(14)13-11-8-5-6-9(7-8)12(11)13/h2,8-13H,1,3-7,14H2. The Balaban J connectivity index is 1.60. The smallest absolute Gasteiger partial charge is 0.00758 e. The van der Waals surface area contributed by atoms with Gasteiger partial charge < -0.3 is 5.73 Å². The minimum absolute atomic E-state index is 0.478. The van der Waals surface area contributed by atoms with Crippen LogP contribution in [0.5, 0.6) is 0 Å². The predicted molar refractivity (Wildman–Crippen MR) is 58.7 cm³/mol. The monoisotopic (exact) mass is 191 g/mol. The molecule has 3 fully saturated rings. The van der Waals surface area contributed by atoms with Crippen molar-refractivity contribution in [2.45, 2.75) is 38.1 Å². The summed E-state index contributed by atoms with van der Waals surface area (Å²) in [4.78, 5) is 0. The van der Waals surface area contributed by atoms with Crippen molar-refractivity contribution in [3.05, 3.63) is 12.7 Å². The van der Waals surface area contributed by atoms with E-state index in [9.17, 15) is 0 Å². The molecule has 3 aliphatic rings. The highest BCUT2D eigenvalue weighted by Crippen LogP contribution is 2.70. The van der Waals surface area contributed by atoms with Crippen molar-refractivity contribution in [2.24, 2.45) is 35.3 Å². The van der Waals surface area contributed by atoms with Gasteiger partial charge in [0, 0.05) is 6.04 Å². The quantitative estimate of drug-likeness (QED) is 0.679. The molecule has 5 atom stereocenters. The van der Waals surface area contributed by atoms with Crippen molar-refractivity contribution in [2.75, 3.05) is 0 Å². The average Bonchev–Trinajstić information content (AvgIpc) is 2.64. The van der Waals surface area contributed by atoms with Gasteiger partial charge in [0.15, 0.2) is 0 Å². The van der Waals surface area contributed by atoms with Gasteiger partial charge in [-0.1, -0.05) is 6.08 Å². The molecule has 0 aromatic rings. The van der Waals surface area contributed by atoms with Gasteiger partial charge in [0.2, 0.25) is 0 Å². The Morgan fingerprint density at radius 2 is 1.93 bits per heavy atom. The molecule has 2 bridgehead atoms. The third-order valence-electron chi connectivity index (χ3n) is 4.99. The van der Waals surface area contributed by atoms with E-state index in [1.807, 2.05) is 6.08 Å². The number of nitrogens with two attached hydrogens (primary N) is 1. The summed E-state index contributed by atoms with van der Waals surface area (Å²) in [6.45, 7) is 3.77. The fraction of sp³-hybridized carbons (Fsp3) is 0.846. The minimum atomic E-state index is 0.478. The molecule has 1 nitrogen and oxygen atoms in total. The van der Waals surface area contributed by atoms with Crippen LogP contribution in [0.1, 0.15) is 32.1 Å². The second kappa shape index (κ2) is 3.10. The summed E-state index contributed by atoms with van der Waals surface area (Å²) >= 11 is 0. The molecule has 0 radical (unpaired) electrons. The fourth-order valence-corrected chi connectivity index (χ4v) is 4.47. The minimum Gasteiger partial charge on any atom is -0.327 e. The van der Waals surface area contributed by atoms with Crippen LogP contribution in [0.2, 0.25) is 0 Å². The molecule has 0 spiro atoms. The van der Waals surface area contributed by atoms with Crippen LogP contribution < -0.4 is 5.73 Å². The van der Waals surface area contributed by atoms with Crippen LogP contribution in [0.3, 0.4) is 0 Å². The second-order valence-corrected chi connectivity index (χ2v) is 5.60. The number of hydrogen-bond donors (Lipinski definition) is 1. The van der Waals surface area contributed by atoms with Crippen LogP contribution in [-0.2, 0) is 0 Å². The fourth-order valence-electron chi connectivity index (χ4n) is 4.47. The summed E-state index contributed by atoms with van der Waals surface area (Å²) in [7, 11) is 0. The Morgan fingerprint density at radius 1 is 1.29 bits per heavy atom. The number of rotatable bonds is 4. The summed E-state index contributed by atoms with van der Waals surface area (Å²) in [5, 5.41) is 0. The second-order valence-electron chi connectivity index (χ2n) is 5.60. The zero-order chi connectivity index (χ0) is 9.71. The van der Waals surface area contributed by atoms with Crippen LogP contribution in [-0.4, -0.2) is 6.04 Å². The van der Waals surface area contributed by atoms with Gasteiger partial charge in [0.25, 0.3) is 0 Å². The summed E-state index contributed by atoms with van der Waals surface area (Å²) in [6.07, 6.45) is 8.84. The van der Waals surface area contributed by atoms with E-state index >= 15 is 0 Å². The van der Waals surface area contributed by atoms with Gasteiger partial charge in [0.05, 0.1) is 0 Å². The van der Waals surface area contributed by atoms with E-state index in [2.05, 4.69) is 6.58 Å². The predicted octanol–water partition coefficient (Wildman–Crippen LogP) is 2.57. The molecular formula is C13H21N. The summed E-state index contributed by atoms with van der Waals surface area (Å²) < 4.78 is 0. The van der Waals surface area contributed by atoms with Crippen LogP contribution in [0, 0.1) is 29.6 Å². The first-order valence-corrected chi connectivity index (χ1v) is 6.19. The van der Waals surface area contributed by atoms with Gasteiger partial charge in [-0.05, 0) is 61.7 Å². The lowest BCUT2D eigenvalue weighted by molar-refractivity contribution is 0.400. The van der Waals surface area contributed by atoms with Crippen LogP contribution in [0.15, 0.2) is 12.7 Å². The molecule has 0 saturated heterocycles. The van der Waals surface area contributed by atoms with Gasteiger partial charge in [-0.2, -0.15) is 0 Å². The normalized spacial score (nSPS) is 50.2. The van der Waals surface area contributed by atoms with Gasteiger partial charge in [-0.15, -0.1) is 6.58 Å². The molecule has 0 heterocycles. The van der Waals surface area contributed by atoms with Gasteiger partial charge >= 0.3 is 0 Å². The third-order valence-corrected chi connectivity index (χ3v) is 4.99. The molecule has 5 unspecified atom stereocenters. The molecule has 1 heteroatoms. The van der Waals surface area contributed by atoms with E-state index in [-0.39, 0.29) is 0 Å². The maximum atomic E-state index is 6.26. The molecule has 0 aromatic heterocycles. The SMILES string of the molecule is C=CCCC(N)C1C2C3CCC(C3)C12. The van der Waals surface area contributed by atoms with Crippen molar-refractivity contribution < 1.29 is 0 Å². The molecule has 2 N–H and O–H groups in total. The van der Waals surface area contributed by atoms with Gasteiger partial charge in [0.1, 0.15) is 0 Å². The van der Waals surface area contributed by atoms with Crippen molar-refractivity contribution in [3.8, 4) is 0 Å². The first kappa shape index (κ1) is 8.96. The Labute approximate surface area is 86.8 Å². The molecule has 3 saturated carbocycles. The third kappa shape index (κ3) is 1.11. The average molecular weight is 191 g/mol. The Bertz CT molecular complexity index is 232. The molecule has 14 heavy (non-hydrogen) atoms. The first-order valence-electron chi connectivity index (χ1n) is 6.19. The Kier molecular flexibility index (Phi) is 1.98. The van der Waals surface area contributed by atoms with Crippen molar-refractivity contribution in [1.82, 2.24) is 0 Å². The highest BCUT2D eigenvalue weighted by molar-refractivity contribution is 5.15. The lowest BCUT2D eigenvalue weighted by Crippen LogP contribution is -2.25. The van der Waals surface area contributed by atoms with E-state index in [0.717, 1.165) is 36.0 Å². The maximum absolute atomic E-state index is 6.26. The molecule has 0 aliphatic heterocycles. The summed E-state index contributed by atoms with van der Waals surface area (Å²) in [5.74, 6) is 5.15. The van der Waals surface area contributed by atoms with Crippen LogP contribution in [0.4, 0.5) is 0 Å². The van der Waals surface area contributed by atoms with E-state index < -0.39 is 0 Å². The lowest BCUT2D eigenvalue weighted by atomic mass is 9.95. The molecule has 3 aliphatic carbocycles. The van der Waals surface area contributed by atoms with E-state index in [1.54, 1.807) is 6.42 Å². The summed E-state index contributed by atoms with van der Waals surface area (Å²) in [5.41, 5.74) is 6.26. The van der Waals surface area contributed by atoms with Gasteiger partial charge in [-0.3, -0.25) is 0 Å². The Hall–Kier alpha value is -0.300. The van der Waals surface area contributed by atoms with E-state index in [1.165, 1.54) is 19.3 Å². The van der Waals surface area contributed by atoms with Crippen molar-refractivity contribution in [1.29, 1.82) is 0 Å². The largest absolute Gasteiger partial charge is 0.327 e. The highest BCUT2D eigenvalue weighted by Gasteiger charge is 2.65. The molecule has 78 valence electrons. The zero-order valence-corrected chi connectivity index (χ0v) is 8.86. The highest BCUT2D eigenvalue weighted by atomic mass is 14.8. The van der Waals surface area contributed by atoms with Crippen molar-refractivity contribution >= 4 is 0 Å². The summed E-state index contributed by atoms with van der Waals surface area (Å²) in [6, 6.07) is 0.478. The molecular weight excluding hydrogens is 170 g/mol. The maximum Gasteiger partial charge on any atom is 0.00758 e. The number of allylic oxidation sites excluding steroid dienone is 1. The molecule has 0 amide bonds. The number of fused-ring (bicyclic) bond motifs is 5. The van der Waals surface area contributed by atoms with Crippen molar-refractivity contribution in [3.63, 3.8) is 0 Å². The topological polar surface area (TPSA) is 26.0 Å². The number of hydrogen-bond acceptors (Lipinski definition) is 1. The van der Waals surface area contributed by atoms with E-state index in [0.29, 0.717) is 6.04 Å². The zero-order valence-electron chi connectivity index (χ0n) is 8.86. The Morgan fingerprint density at radius 3 is 2.50 bits per heavy atom. The van der Waals surface area contributed by atoms with Crippen LogP contribution >= 0.6 is 0 Å². The molecule has 0 aromatic carbocycles. The van der Waals surface area contributed by atoms with Crippen LogP contribution in [0.25, 0.3) is 0 Å². The van der Waals surface area contributed by atoms with Gasteiger partial charge in [-0.25, -0.2) is 0 Å². The van der Waals surface area contributed by atoms with E-state index in [4.69, 9.17) is 5.73 Å². The lowest BCUT2D eigenvalue weighted by Gasteiger charge is -2.15. The molecule has 3 rings (SSSR count). The first-order chi connectivity index (χ1) is 6.83.